The summed E-state index contributed by atoms with van der Waals surface area (Å²) < 4.78 is 5.69. The van der Waals surface area contributed by atoms with E-state index in [1.807, 2.05) is 12.3 Å². The number of hydrogen-bond acceptors (Lipinski definition) is 5. The van der Waals surface area contributed by atoms with Gasteiger partial charge in [0.2, 0.25) is 0 Å². The first kappa shape index (κ1) is 18.3. The molecule has 138 valence electrons. The Kier molecular flexibility index (Phi) is 6.39. The predicted molar refractivity (Wildman–Crippen MR) is 97.1 cm³/mol. The van der Waals surface area contributed by atoms with Crippen molar-refractivity contribution >= 4 is 5.91 Å². The van der Waals surface area contributed by atoms with Gasteiger partial charge in [-0.1, -0.05) is 6.07 Å². The summed E-state index contributed by atoms with van der Waals surface area (Å²) in [4.78, 5) is 21.4. The summed E-state index contributed by atoms with van der Waals surface area (Å²) in [7, 11) is 0. The van der Waals surface area contributed by atoms with Gasteiger partial charge in [-0.05, 0) is 38.3 Å². The van der Waals surface area contributed by atoms with Gasteiger partial charge in [0, 0.05) is 57.2 Å². The fourth-order valence-electron chi connectivity index (χ4n) is 3.58. The molecule has 6 heteroatoms. The molecule has 0 aromatic carbocycles. The monoisotopic (exact) mass is 346 g/mol. The molecule has 0 saturated carbocycles. The summed E-state index contributed by atoms with van der Waals surface area (Å²) in [6, 6.07) is 4.81. The summed E-state index contributed by atoms with van der Waals surface area (Å²) in [6.07, 6.45) is 5.39. The van der Waals surface area contributed by atoms with Crippen LogP contribution < -0.4 is 5.32 Å². The van der Waals surface area contributed by atoms with E-state index in [2.05, 4.69) is 40.0 Å². The predicted octanol–water partition coefficient (Wildman–Crippen LogP) is 1.27. The van der Waals surface area contributed by atoms with Gasteiger partial charge in [-0.2, -0.15) is 0 Å². The normalized spacial score (nSPS) is 23.7. The first-order chi connectivity index (χ1) is 12.1. The van der Waals surface area contributed by atoms with Gasteiger partial charge in [-0.3, -0.25) is 19.6 Å². The zero-order valence-electron chi connectivity index (χ0n) is 15.4. The maximum absolute atomic E-state index is 12.5. The molecule has 0 radical (unpaired) electrons. The van der Waals surface area contributed by atoms with Gasteiger partial charge < -0.3 is 10.1 Å². The van der Waals surface area contributed by atoms with E-state index >= 15 is 0 Å². The minimum absolute atomic E-state index is 0.0519. The Morgan fingerprint density at radius 2 is 2.16 bits per heavy atom. The Balaban J connectivity index is 1.42. The number of pyridine rings is 1. The van der Waals surface area contributed by atoms with Crippen LogP contribution in [0.1, 0.15) is 32.3 Å². The molecule has 25 heavy (non-hydrogen) atoms. The number of rotatable bonds is 5. The quantitative estimate of drug-likeness (QED) is 0.870. The van der Waals surface area contributed by atoms with Crippen LogP contribution in [0.3, 0.4) is 0 Å². The molecule has 1 amide bonds. The number of nitrogens with zero attached hydrogens (tertiary/aromatic N) is 3. The lowest BCUT2D eigenvalue weighted by molar-refractivity contribution is -0.140. The van der Waals surface area contributed by atoms with Crippen LogP contribution in [0.15, 0.2) is 24.5 Å². The molecule has 1 aromatic rings. The van der Waals surface area contributed by atoms with Crippen molar-refractivity contribution in [1.82, 2.24) is 20.1 Å². The Morgan fingerprint density at radius 1 is 1.36 bits per heavy atom. The van der Waals surface area contributed by atoms with E-state index < -0.39 is 0 Å². The van der Waals surface area contributed by atoms with Crippen molar-refractivity contribution in [2.45, 2.75) is 51.4 Å². The Labute approximate surface area is 150 Å². The Morgan fingerprint density at radius 3 is 2.84 bits per heavy atom. The highest BCUT2D eigenvalue weighted by molar-refractivity contribution is 5.81. The van der Waals surface area contributed by atoms with E-state index in [-0.39, 0.29) is 18.1 Å². The molecule has 1 aromatic heterocycles. The van der Waals surface area contributed by atoms with Gasteiger partial charge in [-0.15, -0.1) is 0 Å². The third-order valence-corrected chi connectivity index (χ3v) is 5.18. The lowest BCUT2D eigenvalue weighted by atomic mass is 10.0. The van der Waals surface area contributed by atoms with E-state index in [0.717, 1.165) is 39.0 Å². The van der Waals surface area contributed by atoms with Gasteiger partial charge in [0.25, 0.3) is 5.91 Å². The molecular formula is C19H30N4O2. The standard InChI is InChI=1S/C19H30N4O2/c1-15(2)23-10-11-25-18(14-23)19(24)21-17-5-8-22(9-6-17)13-16-4-3-7-20-12-16/h3-4,7,12,15,17-18H,5-6,8-11,13-14H2,1-2H3,(H,21,24). The third-order valence-electron chi connectivity index (χ3n) is 5.18. The minimum Gasteiger partial charge on any atom is -0.366 e. The highest BCUT2D eigenvalue weighted by Gasteiger charge is 2.30. The number of carbonyl (C=O) groups excluding carboxylic acids is 1. The van der Waals surface area contributed by atoms with E-state index in [4.69, 9.17) is 4.74 Å². The summed E-state index contributed by atoms with van der Waals surface area (Å²) in [5.74, 6) is 0.0519. The summed E-state index contributed by atoms with van der Waals surface area (Å²) in [5.41, 5.74) is 1.24. The number of likely N-dealkylation sites (tertiary alicyclic amines) is 1. The molecule has 1 atom stereocenters. The van der Waals surface area contributed by atoms with Crippen LogP contribution in [0, 0.1) is 0 Å². The average molecular weight is 346 g/mol. The van der Waals surface area contributed by atoms with Crippen molar-refractivity contribution in [3.05, 3.63) is 30.1 Å². The van der Waals surface area contributed by atoms with Crippen LogP contribution in [0.4, 0.5) is 0 Å². The second kappa shape index (κ2) is 8.74. The molecule has 3 heterocycles. The van der Waals surface area contributed by atoms with Crippen LogP contribution in [0.2, 0.25) is 0 Å². The summed E-state index contributed by atoms with van der Waals surface area (Å²) >= 11 is 0. The van der Waals surface area contributed by atoms with Crippen LogP contribution in [0.5, 0.6) is 0 Å². The number of piperidine rings is 1. The van der Waals surface area contributed by atoms with Gasteiger partial charge in [0.1, 0.15) is 6.10 Å². The van der Waals surface area contributed by atoms with E-state index in [9.17, 15) is 4.79 Å². The van der Waals surface area contributed by atoms with E-state index in [1.165, 1.54) is 5.56 Å². The highest BCUT2D eigenvalue weighted by atomic mass is 16.5. The first-order valence-electron chi connectivity index (χ1n) is 9.39. The number of nitrogens with one attached hydrogen (secondary N) is 1. The van der Waals surface area contributed by atoms with Gasteiger partial charge in [0.05, 0.1) is 6.61 Å². The molecule has 1 N–H and O–H groups in total. The van der Waals surface area contributed by atoms with Crippen molar-refractivity contribution in [1.29, 1.82) is 0 Å². The molecule has 3 rings (SSSR count). The van der Waals surface area contributed by atoms with Crippen LogP contribution in [0.25, 0.3) is 0 Å². The van der Waals surface area contributed by atoms with Crippen molar-refractivity contribution in [2.75, 3.05) is 32.8 Å². The van der Waals surface area contributed by atoms with Crippen molar-refractivity contribution in [2.24, 2.45) is 0 Å². The molecule has 6 nitrogen and oxygen atoms in total. The summed E-state index contributed by atoms with van der Waals surface area (Å²) in [6.45, 7) is 9.52. The van der Waals surface area contributed by atoms with Gasteiger partial charge >= 0.3 is 0 Å². The molecule has 2 aliphatic heterocycles. The van der Waals surface area contributed by atoms with Crippen molar-refractivity contribution < 1.29 is 9.53 Å². The fraction of sp³-hybridized carbons (Fsp3) is 0.684. The molecule has 2 fully saturated rings. The fourth-order valence-corrected chi connectivity index (χ4v) is 3.58. The number of hydrogen-bond donors (Lipinski definition) is 1. The van der Waals surface area contributed by atoms with Crippen LogP contribution in [-0.4, -0.2) is 71.7 Å². The van der Waals surface area contributed by atoms with E-state index in [1.54, 1.807) is 6.20 Å². The number of amides is 1. The molecule has 0 spiro atoms. The van der Waals surface area contributed by atoms with Crippen molar-refractivity contribution in [3.8, 4) is 0 Å². The molecule has 2 aliphatic rings. The van der Waals surface area contributed by atoms with Gasteiger partial charge in [0.15, 0.2) is 0 Å². The lowest BCUT2D eigenvalue weighted by Gasteiger charge is -2.36. The second-order valence-electron chi connectivity index (χ2n) is 7.37. The molecule has 0 bridgehead atoms. The zero-order valence-corrected chi connectivity index (χ0v) is 15.4. The average Bonchev–Trinajstić information content (AvgIpc) is 2.64. The number of morpholine rings is 1. The molecular weight excluding hydrogens is 316 g/mol. The van der Waals surface area contributed by atoms with Crippen LogP contribution >= 0.6 is 0 Å². The molecule has 1 unspecified atom stereocenters. The SMILES string of the molecule is CC(C)N1CCOC(C(=O)NC2CCN(Cc3cccnc3)CC2)C1. The maximum atomic E-state index is 12.5. The Hall–Kier alpha value is -1.50. The first-order valence-corrected chi connectivity index (χ1v) is 9.39. The Bertz CT molecular complexity index is 544. The van der Waals surface area contributed by atoms with Gasteiger partial charge in [-0.25, -0.2) is 0 Å². The van der Waals surface area contributed by atoms with Crippen molar-refractivity contribution in [3.63, 3.8) is 0 Å². The molecule has 0 aliphatic carbocycles. The second-order valence-corrected chi connectivity index (χ2v) is 7.37. The number of aromatic nitrogens is 1. The topological polar surface area (TPSA) is 57.7 Å². The van der Waals surface area contributed by atoms with Crippen LogP contribution in [-0.2, 0) is 16.1 Å². The maximum Gasteiger partial charge on any atom is 0.250 e. The van der Waals surface area contributed by atoms with E-state index in [0.29, 0.717) is 19.2 Å². The third kappa shape index (κ3) is 5.23. The molecule has 2 saturated heterocycles. The minimum atomic E-state index is -0.329. The summed E-state index contributed by atoms with van der Waals surface area (Å²) in [5, 5.41) is 3.20. The number of ether oxygens (including phenoxy) is 1. The smallest absolute Gasteiger partial charge is 0.250 e. The highest BCUT2D eigenvalue weighted by Crippen LogP contribution is 2.15. The number of carbonyl (C=O) groups is 1. The largest absolute Gasteiger partial charge is 0.366 e. The zero-order chi connectivity index (χ0) is 17.6. The lowest BCUT2D eigenvalue weighted by Crippen LogP contribution is -2.54.